The Labute approximate surface area is 147 Å². The SMILES string of the molecule is COC1=C(C)C(=O)C(C(=O)C=Cc2ccccc2OC)C(=O)C1(C)C. The lowest BCUT2D eigenvalue weighted by Crippen LogP contribution is -2.46. The van der Waals surface area contributed by atoms with Crippen LogP contribution >= 0.6 is 0 Å². The van der Waals surface area contributed by atoms with Crippen molar-refractivity contribution in [2.24, 2.45) is 11.3 Å². The van der Waals surface area contributed by atoms with E-state index in [1.807, 2.05) is 12.1 Å². The molecule has 0 spiro atoms. The van der Waals surface area contributed by atoms with Crippen molar-refractivity contribution in [2.45, 2.75) is 20.8 Å². The molecule has 132 valence electrons. The molecule has 1 aromatic rings. The Hall–Kier alpha value is -2.69. The largest absolute Gasteiger partial charge is 0.500 e. The summed E-state index contributed by atoms with van der Waals surface area (Å²) in [7, 11) is 2.95. The molecule has 2 rings (SSSR count). The molecule has 0 saturated heterocycles. The summed E-state index contributed by atoms with van der Waals surface area (Å²) in [5.74, 6) is -1.90. The van der Waals surface area contributed by atoms with Gasteiger partial charge in [-0.15, -0.1) is 0 Å². The molecule has 0 heterocycles. The standard InChI is InChI=1S/C20H22O5/c1-12-17(22)16(18(23)20(2,3)19(12)25-5)14(21)11-10-13-8-6-7-9-15(13)24-4/h6-11,16H,1-5H3. The molecule has 25 heavy (non-hydrogen) atoms. The fourth-order valence-electron chi connectivity index (χ4n) is 3.13. The molecule has 1 unspecified atom stereocenters. The van der Waals surface area contributed by atoms with Crippen molar-refractivity contribution in [3.63, 3.8) is 0 Å². The van der Waals surface area contributed by atoms with Crippen molar-refractivity contribution in [3.8, 4) is 5.75 Å². The first kappa shape index (κ1) is 18.6. The molecular formula is C20H22O5. The maximum Gasteiger partial charge on any atom is 0.180 e. The molecule has 0 radical (unpaired) electrons. The number of para-hydroxylation sites is 1. The highest BCUT2D eigenvalue weighted by Gasteiger charge is 2.49. The van der Waals surface area contributed by atoms with E-state index >= 15 is 0 Å². The summed E-state index contributed by atoms with van der Waals surface area (Å²) in [6, 6.07) is 7.17. The highest BCUT2D eigenvalue weighted by Crippen LogP contribution is 2.39. The van der Waals surface area contributed by atoms with E-state index in [0.717, 1.165) is 0 Å². The first-order chi connectivity index (χ1) is 11.8. The number of ether oxygens (including phenoxy) is 2. The van der Waals surface area contributed by atoms with Crippen LogP contribution in [-0.4, -0.2) is 31.6 Å². The number of carbonyl (C=O) groups is 3. The van der Waals surface area contributed by atoms with E-state index in [2.05, 4.69) is 0 Å². The molecule has 0 amide bonds. The summed E-state index contributed by atoms with van der Waals surface area (Å²) in [5, 5.41) is 0. The van der Waals surface area contributed by atoms with Crippen LogP contribution in [0.5, 0.6) is 5.75 Å². The van der Waals surface area contributed by atoms with Crippen molar-refractivity contribution in [1.82, 2.24) is 0 Å². The lowest BCUT2D eigenvalue weighted by molar-refractivity contribution is -0.143. The molecule has 5 nitrogen and oxygen atoms in total. The van der Waals surface area contributed by atoms with Crippen molar-refractivity contribution in [1.29, 1.82) is 0 Å². The van der Waals surface area contributed by atoms with Crippen LogP contribution in [-0.2, 0) is 19.1 Å². The second kappa shape index (κ2) is 7.05. The topological polar surface area (TPSA) is 69.7 Å². The Balaban J connectivity index is 2.36. The smallest absolute Gasteiger partial charge is 0.180 e. The van der Waals surface area contributed by atoms with Crippen LogP contribution in [0.3, 0.4) is 0 Å². The van der Waals surface area contributed by atoms with Crippen LogP contribution in [0, 0.1) is 11.3 Å². The quantitative estimate of drug-likeness (QED) is 0.608. The summed E-state index contributed by atoms with van der Waals surface area (Å²) >= 11 is 0. The lowest BCUT2D eigenvalue weighted by atomic mass is 9.69. The fraction of sp³-hybridized carbons (Fsp3) is 0.350. The summed E-state index contributed by atoms with van der Waals surface area (Å²) < 4.78 is 10.5. The first-order valence-electron chi connectivity index (χ1n) is 7.94. The average molecular weight is 342 g/mol. The number of ketones is 3. The Bertz CT molecular complexity index is 783. The zero-order valence-corrected chi connectivity index (χ0v) is 15.1. The summed E-state index contributed by atoms with van der Waals surface area (Å²) in [6.07, 6.45) is 2.82. The van der Waals surface area contributed by atoms with Crippen molar-refractivity contribution in [2.75, 3.05) is 14.2 Å². The van der Waals surface area contributed by atoms with Gasteiger partial charge >= 0.3 is 0 Å². The normalized spacial score (nSPS) is 20.1. The van der Waals surface area contributed by atoms with Crippen LogP contribution in [0.2, 0.25) is 0 Å². The molecule has 0 bridgehead atoms. The van der Waals surface area contributed by atoms with Gasteiger partial charge in [-0.2, -0.15) is 0 Å². The summed E-state index contributed by atoms with van der Waals surface area (Å²) in [4.78, 5) is 37.9. The Kier molecular flexibility index (Phi) is 5.26. The predicted octanol–water partition coefficient (Wildman–Crippen LogP) is 2.99. The monoisotopic (exact) mass is 342 g/mol. The highest BCUT2D eigenvalue weighted by molar-refractivity contribution is 6.30. The number of carbonyl (C=O) groups excluding carboxylic acids is 3. The van der Waals surface area contributed by atoms with Gasteiger partial charge in [0.1, 0.15) is 17.4 Å². The van der Waals surface area contributed by atoms with Gasteiger partial charge in [-0.05, 0) is 39.0 Å². The summed E-state index contributed by atoms with van der Waals surface area (Å²) in [6.45, 7) is 4.90. The molecule has 0 fully saturated rings. The minimum Gasteiger partial charge on any atom is -0.500 e. The van der Waals surface area contributed by atoms with Crippen molar-refractivity contribution in [3.05, 3.63) is 47.2 Å². The third-order valence-corrected chi connectivity index (χ3v) is 4.47. The molecule has 1 aliphatic carbocycles. The Morgan fingerprint density at radius 3 is 2.36 bits per heavy atom. The summed E-state index contributed by atoms with van der Waals surface area (Å²) in [5.41, 5.74) is -0.0139. The van der Waals surface area contributed by atoms with Crippen LogP contribution in [0.15, 0.2) is 41.7 Å². The van der Waals surface area contributed by atoms with Gasteiger partial charge in [0.25, 0.3) is 0 Å². The lowest BCUT2D eigenvalue weighted by Gasteiger charge is -2.34. The number of hydrogen-bond donors (Lipinski definition) is 0. The minimum absolute atomic E-state index is 0.316. The molecule has 0 aromatic heterocycles. The third-order valence-electron chi connectivity index (χ3n) is 4.47. The molecule has 0 aliphatic heterocycles. The fourth-order valence-corrected chi connectivity index (χ4v) is 3.13. The van der Waals surface area contributed by atoms with Gasteiger partial charge in [0.2, 0.25) is 0 Å². The van der Waals surface area contributed by atoms with Crippen molar-refractivity contribution >= 4 is 23.4 Å². The van der Waals surface area contributed by atoms with Gasteiger partial charge in [0.15, 0.2) is 17.3 Å². The van der Waals surface area contributed by atoms with E-state index in [-0.39, 0.29) is 0 Å². The van der Waals surface area contributed by atoms with Crippen molar-refractivity contribution < 1.29 is 23.9 Å². The highest BCUT2D eigenvalue weighted by atomic mass is 16.5. The van der Waals surface area contributed by atoms with Crippen LogP contribution < -0.4 is 4.74 Å². The van der Waals surface area contributed by atoms with E-state index in [4.69, 9.17) is 9.47 Å². The molecule has 1 aliphatic rings. The molecule has 1 atom stereocenters. The maximum atomic E-state index is 12.7. The van der Waals surface area contributed by atoms with Crippen LogP contribution in [0.25, 0.3) is 6.08 Å². The van der Waals surface area contributed by atoms with E-state index in [1.54, 1.807) is 39.0 Å². The number of methoxy groups -OCH3 is 2. The van der Waals surface area contributed by atoms with Gasteiger partial charge in [0.05, 0.1) is 19.6 Å². The number of Topliss-reactive ketones (excluding diaryl/α,β-unsaturated/α-hetero) is 2. The van der Waals surface area contributed by atoms with E-state index in [1.165, 1.54) is 20.3 Å². The average Bonchev–Trinajstić information content (AvgIpc) is 2.59. The first-order valence-corrected chi connectivity index (χ1v) is 7.94. The van der Waals surface area contributed by atoms with E-state index < -0.39 is 28.7 Å². The zero-order valence-electron chi connectivity index (χ0n) is 15.1. The molecule has 0 N–H and O–H groups in total. The van der Waals surface area contributed by atoms with Gasteiger partial charge in [-0.25, -0.2) is 0 Å². The van der Waals surface area contributed by atoms with Gasteiger partial charge in [-0.3, -0.25) is 14.4 Å². The van der Waals surface area contributed by atoms with Crippen LogP contribution in [0.4, 0.5) is 0 Å². The van der Waals surface area contributed by atoms with Crippen LogP contribution in [0.1, 0.15) is 26.3 Å². The minimum atomic E-state index is -1.33. The van der Waals surface area contributed by atoms with E-state index in [0.29, 0.717) is 22.6 Å². The molecule has 5 heteroatoms. The van der Waals surface area contributed by atoms with Gasteiger partial charge < -0.3 is 9.47 Å². The Morgan fingerprint density at radius 2 is 1.76 bits per heavy atom. The van der Waals surface area contributed by atoms with Gasteiger partial charge in [0, 0.05) is 11.1 Å². The predicted molar refractivity (Wildman–Crippen MR) is 94.0 cm³/mol. The number of hydrogen-bond acceptors (Lipinski definition) is 5. The zero-order chi connectivity index (χ0) is 18.8. The number of benzene rings is 1. The third kappa shape index (κ3) is 3.27. The number of rotatable bonds is 5. The second-order valence-corrected chi connectivity index (χ2v) is 6.42. The molecular weight excluding hydrogens is 320 g/mol. The molecule has 0 saturated carbocycles. The maximum absolute atomic E-state index is 12.7. The Morgan fingerprint density at radius 1 is 1.12 bits per heavy atom. The molecule has 1 aromatic carbocycles. The van der Waals surface area contributed by atoms with Gasteiger partial charge in [-0.1, -0.05) is 18.2 Å². The number of allylic oxidation sites excluding steroid dienone is 3. The second-order valence-electron chi connectivity index (χ2n) is 6.42. The van der Waals surface area contributed by atoms with E-state index in [9.17, 15) is 14.4 Å².